The molecule has 0 bridgehead atoms. The lowest BCUT2D eigenvalue weighted by molar-refractivity contribution is -0.143. The van der Waals surface area contributed by atoms with Crippen LogP contribution < -0.4 is 10.6 Å². The zero-order chi connectivity index (χ0) is 24.8. The van der Waals surface area contributed by atoms with Crippen LogP contribution in [0.1, 0.15) is 56.5 Å². The van der Waals surface area contributed by atoms with Gasteiger partial charge >= 0.3 is 17.9 Å². The highest BCUT2D eigenvalue weighted by molar-refractivity contribution is 5.94. The predicted octanol–water partition coefficient (Wildman–Crippen LogP) is 1.24. The van der Waals surface area contributed by atoms with Crippen molar-refractivity contribution in [1.82, 2.24) is 10.6 Å². The van der Waals surface area contributed by atoms with Gasteiger partial charge < -0.3 is 25.9 Å². The van der Waals surface area contributed by atoms with Crippen molar-refractivity contribution in [2.24, 2.45) is 5.92 Å². The number of nitrogens with one attached hydrogen (secondary N) is 2. The van der Waals surface area contributed by atoms with E-state index < -0.39 is 59.6 Å². The third-order valence-corrected chi connectivity index (χ3v) is 4.81. The number of rotatable bonds is 11. The molecule has 1 aromatic rings. The monoisotopic (exact) mass is 437 g/mol. The van der Waals surface area contributed by atoms with E-state index >= 15 is 0 Å². The van der Waals surface area contributed by atoms with Gasteiger partial charge in [-0.3, -0.25) is 14.4 Å². The van der Waals surface area contributed by atoms with Crippen molar-refractivity contribution in [2.45, 2.75) is 58.0 Å². The average Bonchev–Trinajstić information content (AvgIpc) is 2.69. The Morgan fingerprint density at radius 1 is 1.03 bits per heavy atom. The minimum Gasteiger partial charge on any atom is -0.481 e. The van der Waals surface area contributed by atoms with Gasteiger partial charge in [-0.15, -0.1) is 0 Å². The van der Waals surface area contributed by atoms with Crippen molar-refractivity contribution in [3.63, 3.8) is 0 Å². The summed E-state index contributed by atoms with van der Waals surface area (Å²) in [5.74, 6) is -5.99. The largest absolute Gasteiger partial charge is 0.481 e. The van der Waals surface area contributed by atoms with E-state index in [-0.39, 0.29) is 12.0 Å². The Bertz CT molecular complexity index is 882. The first-order valence-corrected chi connectivity index (χ1v) is 9.61. The Kier molecular flexibility index (Phi) is 8.12. The van der Waals surface area contributed by atoms with Crippen LogP contribution in [0.3, 0.4) is 0 Å². The average molecular weight is 437 g/mol. The van der Waals surface area contributed by atoms with Gasteiger partial charge in [0.2, 0.25) is 11.8 Å². The molecule has 0 radical (unpaired) electrons. The van der Waals surface area contributed by atoms with E-state index in [2.05, 4.69) is 5.32 Å². The van der Waals surface area contributed by atoms with Crippen LogP contribution in [-0.2, 0) is 24.6 Å². The van der Waals surface area contributed by atoms with Crippen LogP contribution in [0.5, 0.6) is 0 Å². The smallest absolute Gasteiger partial charge is 0.335 e. The Hall–Kier alpha value is -3.43. The number of amides is 2. The Labute approximate surface area is 181 Å². The molecule has 31 heavy (non-hydrogen) atoms. The van der Waals surface area contributed by atoms with E-state index in [0.717, 1.165) is 0 Å². The van der Waals surface area contributed by atoms with Crippen LogP contribution in [0.25, 0.3) is 0 Å². The molecule has 1 rings (SSSR count). The summed E-state index contributed by atoms with van der Waals surface area (Å²) in [7, 11) is 0. The number of carbonyl (C=O) groups excluding carboxylic acids is 2. The highest BCUT2D eigenvalue weighted by atomic mass is 16.4. The molecule has 10 nitrogen and oxygen atoms in total. The Morgan fingerprint density at radius 3 is 2.00 bits per heavy atom. The Balaban J connectivity index is 3.11. The van der Waals surface area contributed by atoms with Crippen LogP contribution in [-0.4, -0.2) is 57.1 Å². The quantitative estimate of drug-likeness (QED) is 0.344. The van der Waals surface area contributed by atoms with Crippen LogP contribution in [0.2, 0.25) is 1.41 Å². The number of carbonyl (C=O) groups is 5. The molecule has 0 unspecified atom stereocenters. The van der Waals surface area contributed by atoms with Gasteiger partial charge in [0.05, 0.1) is 11.0 Å². The van der Waals surface area contributed by atoms with Crippen LogP contribution in [0, 0.1) is 5.92 Å². The molecular formula is C21H28N2O8. The molecule has 5 N–H and O–H groups in total. The van der Waals surface area contributed by atoms with E-state index in [0.29, 0.717) is 10.9 Å². The van der Waals surface area contributed by atoms with E-state index in [1.807, 2.05) is 0 Å². The standard InChI is InChI=1S/C21H28N2O8/c1-11(2)16(17(26)22-14(19(29)30)9-10-15(24)25)23-20(31)21(3,4)13-7-5-12(6-8-13)18(27)28/h5-8,11,14,16H,9-10H2,1-4H3,(H,22,26)(H,23,31)(H,24,25)(H,27,28)(H,29,30)/t14-,16-/m0/s1/i/hD. The lowest BCUT2D eigenvalue weighted by Gasteiger charge is -2.29. The summed E-state index contributed by atoms with van der Waals surface area (Å²) in [5.41, 5.74) is -0.834. The van der Waals surface area contributed by atoms with Gasteiger partial charge in [-0.05, 0) is 43.9 Å². The first-order valence-electron chi connectivity index (χ1n) is 10.1. The summed E-state index contributed by atoms with van der Waals surface area (Å²) >= 11 is 0. The molecule has 0 spiro atoms. The van der Waals surface area contributed by atoms with E-state index in [9.17, 15) is 29.1 Å². The van der Waals surface area contributed by atoms with Gasteiger partial charge in [-0.25, -0.2) is 9.59 Å². The molecule has 0 aliphatic heterocycles. The Morgan fingerprint density at radius 2 is 1.58 bits per heavy atom. The molecular weight excluding hydrogens is 408 g/mol. The van der Waals surface area contributed by atoms with Crippen LogP contribution in [0.15, 0.2) is 24.3 Å². The van der Waals surface area contributed by atoms with E-state index in [1.165, 1.54) is 38.1 Å². The number of hydrogen-bond acceptors (Lipinski definition) is 5. The first kappa shape index (κ1) is 23.8. The second-order valence-electron chi connectivity index (χ2n) is 7.96. The summed E-state index contributed by atoms with van der Waals surface area (Å²) in [6, 6.07) is 2.73. The maximum absolute atomic E-state index is 13.1. The van der Waals surface area contributed by atoms with Crippen LogP contribution >= 0.6 is 0 Å². The third kappa shape index (κ3) is 7.09. The van der Waals surface area contributed by atoms with Gasteiger partial charge in [-0.1, -0.05) is 26.0 Å². The minimum atomic E-state index is -1.49. The number of aromatic carboxylic acids is 1. The zero-order valence-electron chi connectivity index (χ0n) is 18.8. The molecule has 170 valence electrons. The highest BCUT2D eigenvalue weighted by Crippen LogP contribution is 2.24. The fourth-order valence-electron chi connectivity index (χ4n) is 2.73. The number of hydrogen-bond donors (Lipinski definition) is 5. The van der Waals surface area contributed by atoms with Crippen molar-refractivity contribution in [3.05, 3.63) is 35.4 Å². The normalized spacial score (nSPS) is 13.6. The SMILES string of the molecule is [2H]N(C(=O)C(C)(C)c1ccc(C(=O)O)cc1)[C@H](C(=O)N[C@@H](CCC(=O)O)C(=O)O)C(C)C. The predicted molar refractivity (Wildman–Crippen MR) is 110 cm³/mol. The van der Waals surface area contributed by atoms with Gasteiger partial charge in [0.15, 0.2) is 1.41 Å². The van der Waals surface area contributed by atoms with E-state index in [4.69, 9.17) is 11.6 Å². The molecule has 2 atom stereocenters. The fraction of sp³-hybridized carbons (Fsp3) is 0.476. The number of benzene rings is 1. The van der Waals surface area contributed by atoms with Crippen molar-refractivity contribution in [1.29, 1.82) is 0 Å². The summed E-state index contributed by atoms with van der Waals surface area (Å²) in [6.07, 6.45) is -0.832. The van der Waals surface area contributed by atoms with Crippen LogP contribution in [0.4, 0.5) is 0 Å². The molecule has 0 heterocycles. The minimum absolute atomic E-state index is 0.0280. The summed E-state index contributed by atoms with van der Waals surface area (Å²) in [5, 5.41) is 29.8. The second kappa shape index (κ2) is 10.6. The van der Waals surface area contributed by atoms with Crippen molar-refractivity contribution < 1.29 is 40.7 Å². The summed E-state index contributed by atoms with van der Waals surface area (Å²) < 4.78 is 8.32. The first-order chi connectivity index (χ1) is 14.7. The van der Waals surface area contributed by atoms with Gasteiger partial charge in [0, 0.05) is 6.42 Å². The molecule has 0 aromatic heterocycles. The van der Waals surface area contributed by atoms with Gasteiger partial charge in [-0.2, -0.15) is 0 Å². The zero-order valence-corrected chi connectivity index (χ0v) is 17.8. The molecule has 0 saturated heterocycles. The van der Waals surface area contributed by atoms with Crippen molar-refractivity contribution >= 4 is 29.7 Å². The lowest BCUT2D eigenvalue weighted by atomic mass is 9.82. The molecule has 0 saturated carbocycles. The third-order valence-electron chi connectivity index (χ3n) is 4.81. The lowest BCUT2D eigenvalue weighted by Crippen LogP contribution is -2.56. The molecule has 0 aliphatic carbocycles. The summed E-state index contributed by atoms with van der Waals surface area (Å²) in [4.78, 5) is 59.0. The number of aliphatic carboxylic acids is 2. The number of carboxylic acid groups (broad SMARTS) is 3. The molecule has 1 aromatic carbocycles. The molecule has 10 heteroatoms. The summed E-state index contributed by atoms with van der Waals surface area (Å²) in [6.45, 7) is 6.21. The number of carboxylic acids is 3. The van der Waals surface area contributed by atoms with Gasteiger partial charge in [0.1, 0.15) is 12.1 Å². The second-order valence-corrected chi connectivity index (χ2v) is 7.96. The maximum atomic E-state index is 13.1. The van der Waals surface area contributed by atoms with E-state index in [1.54, 1.807) is 13.8 Å². The molecule has 0 aliphatic rings. The molecule has 2 amide bonds. The molecule has 0 fully saturated rings. The van der Waals surface area contributed by atoms with Crippen molar-refractivity contribution in [2.75, 3.05) is 0 Å². The van der Waals surface area contributed by atoms with Crippen molar-refractivity contribution in [3.8, 4) is 0 Å². The maximum Gasteiger partial charge on any atom is 0.335 e. The topological polar surface area (TPSA) is 170 Å². The fourth-order valence-corrected chi connectivity index (χ4v) is 2.73. The highest BCUT2D eigenvalue weighted by Gasteiger charge is 2.35. The van der Waals surface area contributed by atoms with Gasteiger partial charge in [0.25, 0.3) is 0 Å².